The van der Waals surface area contributed by atoms with E-state index in [0.717, 1.165) is 32.7 Å². The van der Waals surface area contributed by atoms with Gasteiger partial charge in [0.2, 0.25) is 17.7 Å². The minimum atomic E-state index is -1.30. The maximum Gasteiger partial charge on any atom is 0.326 e. The fraction of sp³-hybridized carbons (Fsp3) is 0.268. The average molecular weight is 687 g/mol. The third-order valence-corrected chi connectivity index (χ3v) is 9.47. The Labute approximate surface area is 296 Å². The first-order valence-corrected chi connectivity index (χ1v) is 17.3. The van der Waals surface area contributed by atoms with Crippen molar-refractivity contribution in [3.63, 3.8) is 0 Å². The number of aromatic hydroxyl groups is 1. The zero-order valence-electron chi connectivity index (χ0n) is 28.2. The third-order valence-electron chi connectivity index (χ3n) is 9.47. The van der Waals surface area contributed by atoms with Gasteiger partial charge in [-0.2, -0.15) is 0 Å². The molecular weight excluding hydrogens is 644 g/mol. The molecule has 1 saturated heterocycles. The summed E-state index contributed by atoms with van der Waals surface area (Å²) in [6, 6.07) is 30.0. The number of rotatable bonds is 13. The SMILES string of the molecule is O=C(NC(Cc1ccc2ccccc2c1)C(=O)NC(Cc1ccc2ccccc2c1)C(=O)NC(Cc1ccc(O)cc1)C(=O)O)C1CCNCC1. The molecule has 10 nitrogen and oxygen atoms in total. The van der Waals surface area contributed by atoms with Crippen LogP contribution in [0, 0.1) is 5.92 Å². The van der Waals surface area contributed by atoms with Gasteiger partial charge in [-0.05, 0) is 76.3 Å². The highest BCUT2D eigenvalue weighted by Crippen LogP contribution is 2.20. The molecule has 6 rings (SSSR count). The Hall–Kier alpha value is -5.74. The van der Waals surface area contributed by atoms with Crippen LogP contribution < -0.4 is 21.3 Å². The van der Waals surface area contributed by atoms with Crippen LogP contribution in [-0.2, 0) is 38.4 Å². The van der Waals surface area contributed by atoms with Crippen molar-refractivity contribution in [3.05, 3.63) is 126 Å². The lowest BCUT2D eigenvalue weighted by atomic mass is 9.95. The number of phenolic OH excluding ortho intramolecular Hbond substituents is 1. The molecule has 0 aromatic heterocycles. The molecule has 1 fully saturated rings. The second-order valence-electron chi connectivity index (χ2n) is 13.2. The average Bonchev–Trinajstić information content (AvgIpc) is 3.15. The Balaban J connectivity index is 1.27. The third kappa shape index (κ3) is 9.29. The molecular formula is C41H42N4O6. The van der Waals surface area contributed by atoms with Crippen LogP contribution in [0.15, 0.2) is 109 Å². The maximum absolute atomic E-state index is 14.2. The van der Waals surface area contributed by atoms with E-state index < -0.39 is 35.9 Å². The van der Waals surface area contributed by atoms with Gasteiger partial charge in [0.25, 0.3) is 0 Å². The Morgan fingerprint density at radius 1 is 0.588 bits per heavy atom. The highest BCUT2D eigenvalue weighted by molar-refractivity contribution is 5.94. The lowest BCUT2D eigenvalue weighted by molar-refractivity contribution is -0.142. The molecule has 0 spiro atoms. The quantitative estimate of drug-likeness (QED) is 0.108. The van der Waals surface area contributed by atoms with Crippen LogP contribution in [0.25, 0.3) is 21.5 Å². The van der Waals surface area contributed by atoms with Gasteiger partial charge in [-0.1, -0.05) is 97.1 Å². The number of carbonyl (C=O) groups excluding carboxylic acids is 3. The Morgan fingerprint density at radius 2 is 1.04 bits per heavy atom. The minimum absolute atomic E-state index is 0.0329. The number of carboxylic acid groups (broad SMARTS) is 1. The molecule has 0 aliphatic carbocycles. The monoisotopic (exact) mass is 686 g/mol. The Kier molecular flexibility index (Phi) is 11.2. The standard InChI is InChI=1S/C41H42N4O6/c46-34-15-11-26(12-16-34)23-37(41(50)51)45-40(49)36(25-28-10-14-30-6-2-4-8-33(30)22-28)44-39(48)35(43-38(47)31-17-19-42-20-18-31)24-27-9-13-29-5-1-3-7-32(29)21-27/h1-16,21-22,31,35-37,42,46H,17-20,23-25H2,(H,43,47)(H,44,48)(H,45,49)(H,50,51). The van der Waals surface area contributed by atoms with Crippen molar-refractivity contribution in [3.8, 4) is 5.75 Å². The van der Waals surface area contributed by atoms with Crippen molar-refractivity contribution in [2.45, 2.75) is 50.2 Å². The smallest absolute Gasteiger partial charge is 0.326 e. The van der Waals surface area contributed by atoms with Crippen LogP contribution in [0.2, 0.25) is 0 Å². The molecule has 3 atom stereocenters. The van der Waals surface area contributed by atoms with Crippen LogP contribution in [0.4, 0.5) is 0 Å². The van der Waals surface area contributed by atoms with Gasteiger partial charge < -0.3 is 31.5 Å². The van der Waals surface area contributed by atoms with Gasteiger partial charge in [-0.15, -0.1) is 0 Å². The van der Waals surface area contributed by atoms with Gasteiger partial charge in [-0.3, -0.25) is 14.4 Å². The number of phenols is 1. The second-order valence-corrected chi connectivity index (χ2v) is 13.2. The molecule has 0 bridgehead atoms. The van der Waals surface area contributed by atoms with Gasteiger partial charge in [-0.25, -0.2) is 4.79 Å². The van der Waals surface area contributed by atoms with Crippen molar-refractivity contribution in [2.75, 3.05) is 13.1 Å². The van der Waals surface area contributed by atoms with Crippen molar-refractivity contribution in [1.82, 2.24) is 21.3 Å². The lowest BCUT2D eigenvalue weighted by Gasteiger charge is -2.27. The summed E-state index contributed by atoms with van der Waals surface area (Å²) in [7, 11) is 0. The highest BCUT2D eigenvalue weighted by Gasteiger charge is 2.32. The first kappa shape index (κ1) is 35.1. The summed E-state index contributed by atoms with van der Waals surface area (Å²) in [5, 5.41) is 35.5. The second kappa shape index (κ2) is 16.3. The van der Waals surface area contributed by atoms with E-state index in [0.29, 0.717) is 31.5 Å². The molecule has 0 radical (unpaired) electrons. The topological polar surface area (TPSA) is 157 Å². The van der Waals surface area contributed by atoms with E-state index in [4.69, 9.17) is 0 Å². The van der Waals surface area contributed by atoms with Gasteiger partial charge >= 0.3 is 5.97 Å². The molecule has 5 aromatic carbocycles. The molecule has 0 saturated carbocycles. The normalized spacial score (nSPS) is 15.1. The zero-order valence-corrected chi connectivity index (χ0v) is 28.2. The van der Waals surface area contributed by atoms with Gasteiger partial charge in [0.15, 0.2) is 0 Å². The fourth-order valence-corrected chi connectivity index (χ4v) is 6.61. The summed E-state index contributed by atoms with van der Waals surface area (Å²) in [6.07, 6.45) is 1.55. The summed E-state index contributed by atoms with van der Waals surface area (Å²) in [5.41, 5.74) is 2.21. The lowest BCUT2D eigenvalue weighted by Crippen LogP contribution is -2.57. The van der Waals surface area contributed by atoms with Crippen molar-refractivity contribution < 1.29 is 29.4 Å². The van der Waals surface area contributed by atoms with E-state index in [9.17, 15) is 29.4 Å². The molecule has 3 amide bonds. The zero-order chi connectivity index (χ0) is 35.7. The van der Waals surface area contributed by atoms with Crippen LogP contribution in [0.1, 0.15) is 29.5 Å². The number of amides is 3. The molecule has 1 aliphatic rings. The molecule has 262 valence electrons. The molecule has 10 heteroatoms. The highest BCUT2D eigenvalue weighted by atomic mass is 16.4. The van der Waals surface area contributed by atoms with E-state index in [2.05, 4.69) is 21.3 Å². The van der Waals surface area contributed by atoms with Crippen LogP contribution in [0.3, 0.4) is 0 Å². The molecule has 51 heavy (non-hydrogen) atoms. The van der Waals surface area contributed by atoms with Crippen molar-refractivity contribution in [2.24, 2.45) is 5.92 Å². The summed E-state index contributed by atoms with van der Waals surface area (Å²) in [6.45, 7) is 1.42. The summed E-state index contributed by atoms with van der Waals surface area (Å²) < 4.78 is 0. The number of piperidine rings is 1. The molecule has 3 unspecified atom stereocenters. The van der Waals surface area contributed by atoms with Crippen molar-refractivity contribution in [1.29, 1.82) is 0 Å². The molecule has 1 aliphatic heterocycles. The number of aliphatic carboxylic acids is 1. The van der Waals surface area contributed by atoms with E-state index in [1.54, 1.807) is 12.1 Å². The van der Waals surface area contributed by atoms with E-state index in [1.807, 2.05) is 84.9 Å². The molecule has 6 N–H and O–H groups in total. The van der Waals surface area contributed by atoms with Gasteiger partial charge in [0.1, 0.15) is 23.9 Å². The number of hydrogen-bond donors (Lipinski definition) is 6. The van der Waals surface area contributed by atoms with Crippen LogP contribution in [0.5, 0.6) is 5.75 Å². The number of carbonyl (C=O) groups is 4. The Morgan fingerprint density at radius 3 is 1.57 bits per heavy atom. The molecule has 5 aromatic rings. The van der Waals surface area contributed by atoms with Crippen LogP contribution >= 0.6 is 0 Å². The number of fused-ring (bicyclic) bond motifs is 2. The summed E-state index contributed by atoms with van der Waals surface area (Å²) in [4.78, 5) is 54.0. The van der Waals surface area contributed by atoms with Gasteiger partial charge in [0.05, 0.1) is 0 Å². The number of hydrogen-bond acceptors (Lipinski definition) is 6. The maximum atomic E-state index is 14.2. The largest absolute Gasteiger partial charge is 0.508 e. The first-order valence-electron chi connectivity index (χ1n) is 17.3. The minimum Gasteiger partial charge on any atom is -0.508 e. The summed E-state index contributed by atoms with van der Waals surface area (Å²) in [5.74, 6) is -2.87. The number of benzene rings is 5. The van der Waals surface area contributed by atoms with E-state index in [1.165, 1.54) is 12.1 Å². The van der Waals surface area contributed by atoms with E-state index >= 15 is 0 Å². The predicted octanol–water partition coefficient (Wildman–Crippen LogP) is 4.27. The number of nitrogens with one attached hydrogen (secondary N) is 4. The fourth-order valence-electron chi connectivity index (χ4n) is 6.61. The Bertz CT molecular complexity index is 2020. The summed E-state index contributed by atoms with van der Waals surface area (Å²) >= 11 is 0. The predicted molar refractivity (Wildman–Crippen MR) is 196 cm³/mol. The first-order chi connectivity index (χ1) is 24.7. The van der Waals surface area contributed by atoms with E-state index in [-0.39, 0.29) is 36.8 Å². The van der Waals surface area contributed by atoms with Crippen LogP contribution in [-0.4, -0.2) is 65.1 Å². The van der Waals surface area contributed by atoms with Crippen molar-refractivity contribution >= 4 is 45.2 Å². The molecule has 1 heterocycles. The van der Waals surface area contributed by atoms with Gasteiger partial charge in [0, 0.05) is 25.2 Å². The number of carboxylic acids is 1.